The van der Waals surface area contributed by atoms with Crippen molar-refractivity contribution in [3.8, 4) is 6.07 Å². The third kappa shape index (κ3) is 5.93. The Kier molecular flexibility index (Phi) is 6.82. The second kappa shape index (κ2) is 7.87. The molecule has 1 aliphatic carbocycles. The summed E-state index contributed by atoms with van der Waals surface area (Å²) in [6.45, 7) is 7.23. The number of nitrogens with zero attached hydrogens (tertiary/aromatic N) is 2. The van der Waals surface area contributed by atoms with Gasteiger partial charge in [0, 0.05) is 18.6 Å². The fourth-order valence-electron chi connectivity index (χ4n) is 3.08. The molecule has 3 nitrogen and oxygen atoms in total. The lowest BCUT2D eigenvalue weighted by Crippen LogP contribution is -2.47. The monoisotopic (exact) mass is 265 g/mol. The largest absolute Gasteiger partial charge is 0.303 e. The molecule has 1 N–H and O–H groups in total. The van der Waals surface area contributed by atoms with E-state index in [1.54, 1.807) is 0 Å². The topological polar surface area (TPSA) is 39.1 Å². The summed E-state index contributed by atoms with van der Waals surface area (Å²) in [5.74, 6) is 0. The normalized spacial score (nSPS) is 21.1. The van der Waals surface area contributed by atoms with Crippen LogP contribution in [0.15, 0.2) is 0 Å². The van der Waals surface area contributed by atoms with Gasteiger partial charge in [-0.25, -0.2) is 0 Å². The molecule has 1 fully saturated rings. The van der Waals surface area contributed by atoms with Crippen molar-refractivity contribution >= 4 is 0 Å². The van der Waals surface area contributed by atoms with Crippen LogP contribution >= 0.6 is 0 Å². The minimum atomic E-state index is -0.396. The van der Waals surface area contributed by atoms with E-state index in [0.717, 1.165) is 19.0 Å². The van der Waals surface area contributed by atoms with Gasteiger partial charge in [-0.1, -0.05) is 25.7 Å². The Balaban J connectivity index is 2.42. The summed E-state index contributed by atoms with van der Waals surface area (Å²) >= 11 is 0. The Morgan fingerprint density at radius 1 is 1.26 bits per heavy atom. The Morgan fingerprint density at radius 2 is 1.84 bits per heavy atom. The highest BCUT2D eigenvalue weighted by Gasteiger charge is 2.26. The molecular weight excluding hydrogens is 234 g/mol. The summed E-state index contributed by atoms with van der Waals surface area (Å²) in [5.41, 5.74) is -0.396. The minimum absolute atomic E-state index is 0.354. The first kappa shape index (κ1) is 16.5. The molecule has 0 aliphatic heterocycles. The molecule has 110 valence electrons. The van der Waals surface area contributed by atoms with E-state index in [1.165, 1.54) is 38.5 Å². The maximum atomic E-state index is 9.37. The zero-order valence-electron chi connectivity index (χ0n) is 13.2. The molecule has 3 heteroatoms. The SMILES string of the molecule is CC(C)NC(C)(C#N)CCN(C)C1CCCCCC1. The highest BCUT2D eigenvalue weighted by Crippen LogP contribution is 2.22. The second-order valence-electron chi connectivity index (χ2n) is 6.62. The van der Waals surface area contributed by atoms with E-state index in [9.17, 15) is 5.26 Å². The lowest BCUT2D eigenvalue weighted by Gasteiger charge is -2.32. The summed E-state index contributed by atoms with van der Waals surface area (Å²) in [7, 11) is 2.23. The van der Waals surface area contributed by atoms with Crippen LogP contribution in [0, 0.1) is 11.3 Å². The van der Waals surface area contributed by atoms with E-state index >= 15 is 0 Å². The van der Waals surface area contributed by atoms with Crippen LogP contribution in [0.1, 0.15) is 65.7 Å². The average Bonchev–Trinajstić information content (AvgIpc) is 2.64. The molecule has 0 radical (unpaired) electrons. The molecule has 0 bridgehead atoms. The molecule has 0 spiro atoms. The molecule has 1 saturated carbocycles. The van der Waals surface area contributed by atoms with Crippen LogP contribution in [-0.2, 0) is 0 Å². The highest BCUT2D eigenvalue weighted by atomic mass is 15.1. The summed E-state index contributed by atoms with van der Waals surface area (Å²) in [5, 5.41) is 12.8. The quantitative estimate of drug-likeness (QED) is 0.749. The zero-order chi connectivity index (χ0) is 14.3. The van der Waals surface area contributed by atoms with Crippen LogP contribution in [0.5, 0.6) is 0 Å². The predicted molar refractivity (Wildman–Crippen MR) is 81.0 cm³/mol. The number of hydrogen-bond donors (Lipinski definition) is 1. The fourth-order valence-corrected chi connectivity index (χ4v) is 3.08. The van der Waals surface area contributed by atoms with Gasteiger partial charge in [-0.3, -0.25) is 5.32 Å². The first-order valence-electron chi connectivity index (χ1n) is 7.86. The number of nitriles is 1. The molecule has 0 aromatic heterocycles. The lowest BCUT2D eigenvalue weighted by molar-refractivity contribution is 0.200. The van der Waals surface area contributed by atoms with Gasteiger partial charge in [-0.05, 0) is 47.1 Å². The van der Waals surface area contributed by atoms with E-state index in [0.29, 0.717) is 6.04 Å². The summed E-state index contributed by atoms with van der Waals surface area (Å²) in [4.78, 5) is 2.48. The maximum absolute atomic E-state index is 9.37. The summed E-state index contributed by atoms with van der Waals surface area (Å²) in [6, 6.07) is 3.52. The van der Waals surface area contributed by atoms with E-state index in [2.05, 4.69) is 37.2 Å². The average molecular weight is 265 g/mol. The van der Waals surface area contributed by atoms with Crippen molar-refractivity contribution in [2.45, 2.75) is 83.3 Å². The van der Waals surface area contributed by atoms with Crippen LogP contribution in [-0.4, -0.2) is 36.1 Å². The van der Waals surface area contributed by atoms with Gasteiger partial charge in [0.1, 0.15) is 5.54 Å². The van der Waals surface area contributed by atoms with E-state index < -0.39 is 5.54 Å². The molecule has 1 rings (SSSR count). The van der Waals surface area contributed by atoms with Crippen molar-refractivity contribution in [2.24, 2.45) is 0 Å². The summed E-state index contributed by atoms with van der Waals surface area (Å²) < 4.78 is 0. The molecule has 1 aliphatic rings. The first-order chi connectivity index (χ1) is 8.97. The molecule has 0 heterocycles. The van der Waals surface area contributed by atoms with E-state index in [4.69, 9.17) is 0 Å². The van der Waals surface area contributed by atoms with Crippen LogP contribution < -0.4 is 5.32 Å². The second-order valence-corrected chi connectivity index (χ2v) is 6.62. The zero-order valence-corrected chi connectivity index (χ0v) is 13.2. The number of nitrogens with one attached hydrogen (secondary N) is 1. The van der Waals surface area contributed by atoms with Crippen LogP contribution in [0.4, 0.5) is 0 Å². The van der Waals surface area contributed by atoms with Crippen molar-refractivity contribution in [2.75, 3.05) is 13.6 Å². The smallest absolute Gasteiger partial charge is 0.105 e. The standard InChI is InChI=1S/C16H31N3/c1-14(2)18-16(3,13-17)11-12-19(4)15-9-7-5-6-8-10-15/h14-15,18H,5-12H2,1-4H3. The van der Waals surface area contributed by atoms with Gasteiger partial charge in [0.25, 0.3) is 0 Å². The molecule has 0 aromatic rings. The summed E-state index contributed by atoms with van der Waals surface area (Å²) in [6.07, 6.45) is 9.09. The molecule has 1 unspecified atom stereocenters. The van der Waals surface area contributed by atoms with E-state index in [1.807, 2.05) is 6.92 Å². The highest BCUT2D eigenvalue weighted by molar-refractivity contribution is 5.04. The Bertz CT molecular complexity index is 287. The third-order valence-corrected chi connectivity index (χ3v) is 4.27. The van der Waals surface area contributed by atoms with Gasteiger partial charge < -0.3 is 4.90 Å². The van der Waals surface area contributed by atoms with Gasteiger partial charge >= 0.3 is 0 Å². The molecule has 19 heavy (non-hydrogen) atoms. The van der Waals surface area contributed by atoms with Gasteiger partial charge in [0.2, 0.25) is 0 Å². The van der Waals surface area contributed by atoms with Gasteiger partial charge in [-0.15, -0.1) is 0 Å². The molecule has 0 saturated heterocycles. The first-order valence-corrected chi connectivity index (χ1v) is 7.86. The van der Waals surface area contributed by atoms with Gasteiger partial charge in [0.15, 0.2) is 0 Å². The Hall–Kier alpha value is -0.590. The number of hydrogen-bond acceptors (Lipinski definition) is 3. The Morgan fingerprint density at radius 3 is 2.32 bits per heavy atom. The van der Waals surface area contributed by atoms with Crippen LogP contribution in [0.2, 0.25) is 0 Å². The molecule has 0 amide bonds. The predicted octanol–water partition coefficient (Wildman–Crippen LogP) is 3.31. The molecule has 0 aromatic carbocycles. The van der Waals surface area contributed by atoms with Crippen LogP contribution in [0.25, 0.3) is 0 Å². The Labute approximate surface area is 119 Å². The number of rotatable bonds is 6. The maximum Gasteiger partial charge on any atom is 0.105 e. The van der Waals surface area contributed by atoms with Crippen molar-refractivity contribution in [1.82, 2.24) is 10.2 Å². The van der Waals surface area contributed by atoms with Gasteiger partial charge in [-0.2, -0.15) is 5.26 Å². The third-order valence-electron chi connectivity index (χ3n) is 4.27. The van der Waals surface area contributed by atoms with Crippen molar-refractivity contribution < 1.29 is 0 Å². The lowest BCUT2D eigenvalue weighted by atomic mass is 9.97. The van der Waals surface area contributed by atoms with Crippen molar-refractivity contribution in [3.63, 3.8) is 0 Å². The molecule has 1 atom stereocenters. The van der Waals surface area contributed by atoms with Gasteiger partial charge in [0.05, 0.1) is 6.07 Å². The fraction of sp³-hybridized carbons (Fsp3) is 0.938. The van der Waals surface area contributed by atoms with E-state index in [-0.39, 0.29) is 0 Å². The van der Waals surface area contributed by atoms with Crippen LogP contribution in [0.3, 0.4) is 0 Å². The molecular formula is C16H31N3. The van der Waals surface area contributed by atoms with Crippen molar-refractivity contribution in [1.29, 1.82) is 5.26 Å². The van der Waals surface area contributed by atoms with Crippen molar-refractivity contribution in [3.05, 3.63) is 0 Å². The minimum Gasteiger partial charge on any atom is -0.303 e.